The molecule has 0 saturated carbocycles. The molecule has 1 aliphatic rings. The first-order valence-corrected chi connectivity index (χ1v) is 5.73. The van der Waals surface area contributed by atoms with Gasteiger partial charge in [0.1, 0.15) is 0 Å². The maximum absolute atomic E-state index is 11.6. The summed E-state index contributed by atoms with van der Waals surface area (Å²) in [5.74, 6) is -0.0625. The molecule has 1 atom stereocenters. The monoisotopic (exact) mass is 232 g/mol. The minimum atomic E-state index is -0.0625. The number of allylic oxidation sites excluding steroid dienone is 4. The summed E-state index contributed by atoms with van der Waals surface area (Å²) in [6.07, 6.45) is 13.4. The molecule has 0 aliphatic heterocycles. The van der Waals surface area contributed by atoms with E-state index in [4.69, 9.17) is 0 Å². The first-order valence-electron chi connectivity index (χ1n) is 5.73. The molecule has 1 unspecified atom stereocenters. The third kappa shape index (κ3) is 5.88. The number of hydrogen-bond donors (Lipinski definition) is 1. The van der Waals surface area contributed by atoms with E-state index in [1.54, 1.807) is 6.08 Å². The summed E-state index contributed by atoms with van der Waals surface area (Å²) in [5, 5.41) is 2.92. The highest BCUT2D eigenvalue weighted by Gasteiger charge is 2.04. The molecule has 1 amide bonds. The van der Waals surface area contributed by atoms with Crippen molar-refractivity contribution < 1.29 is 4.79 Å². The molecule has 0 bridgehead atoms. The van der Waals surface area contributed by atoms with Crippen molar-refractivity contribution in [2.45, 2.75) is 13.0 Å². The maximum atomic E-state index is 11.6. The molecule has 0 aromatic rings. The van der Waals surface area contributed by atoms with E-state index < -0.39 is 0 Å². The van der Waals surface area contributed by atoms with Gasteiger partial charge in [-0.1, -0.05) is 42.0 Å². The van der Waals surface area contributed by atoms with Crippen LogP contribution in [0.3, 0.4) is 0 Å². The predicted octanol–water partition coefficient (Wildman–Crippen LogP) is 1.66. The Hall–Kier alpha value is -1.61. The van der Waals surface area contributed by atoms with Gasteiger partial charge in [-0.05, 0) is 21.0 Å². The molecule has 0 fully saturated rings. The van der Waals surface area contributed by atoms with E-state index >= 15 is 0 Å². The molecular weight excluding hydrogens is 212 g/mol. The van der Waals surface area contributed by atoms with E-state index in [9.17, 15) is 4.79 Å². The Morgan fingerprint density at radius 3 is 2.94 bits per heavy atom. The van der Waals surface area contributed by atoms with E-state index in [1.165, 1.54) is 0 Å². The summed E-state index contributed by atoms with van der Waals surface area (Å²) >= 11 is 0. The SMILES string of the molecule is CC1=CC(NC(=O)/C=C/CN(C)C)C=CC=C1. The molecule has 17 heavy (non-hydrogen) atoms. The third-order valence-corrected chi connectivity index (χ3v) is 2.28. The lowest BCUT2D eigenvalue weighted by Gasteiger charge is -2.09. The van der Waals surface area contributed by atoms with Crippen LogP contribution in [0.25, 0.3) is 0 Å². The van der Waals surface area contributed by atoms with Gasteiger partial charge in [0.05, 0.1) is 6.04 Å². The molecule has 0 aromatic carbocycles. The Morgan fingerprint density at radius 1 is 1.47 bits per heavy atom. The van der Waals surface area contributed by atoms with Gasteiger partial charge >= 0.3 is 0 Å². The largest absolute Gasteiger partial charge is 0.343 e. The van der Waals surface area contributed by atoms with Crippen LogP contribution in [-0.4, -0.2) is 37.5 Å². The van der Waals surface area contributed by atoms with Crippen LogP contribution in [0.4, 0.5) is 0 Å². The molecular formula is C14H20N2O. The van der Waals surface area contributed by atoms with Crippen molar-refractivity contribution in [1.82, 2.24) is 10.2 Å². The number of nitrogens with zero attached hydrogens (tertiary/aromatic N) is 1. The standard InChI is InChI=1S/C14H20N2O/c1-12-7-4-5-8-13(11-12)15-14(17)9-6-10-16(2)3/h4-9,11,13H,10H2,1-3H3,(H,15,17)/b9-6+. The average Bonchev–Trinajstić information content (AvgIpc) is 2.42. The fraction of sp³-hybridized carbons (Fsp3) is 0.357. The second-order valence-corrected chi connectivity index (χ2v) is 4.35. The van der Waals surface area contributed by atoms with Crippen LogP contribution in [0.1, 0.15) is 6.92 Å². The van der Waals surface area contributed by atoms with Crippen LogP contribution in [0.2, 0.25) is 0 Å². The van der Waals surface area contributed by atoms with Crippen LogP contribution in [0, 0.1) is 0 Å². The molecule has 0 aromatic heterocycles. The number of nitrogens with one attached hydrogen (secondary N) is 1. The molecule has 0 spiro atoms. The molecule has 0 saturated heterocycles. The van der Waals surface area contributed by atoms with Gasteiger partial charge in [-0.15, -0.1) is 0 Å². The lowest BCUT2D eigenvalue weighted by Crippen LogP contribution is -2.30. The average molecular weight is 232 g/mol. The highest BCUT2D eigenvalue weighted by molar-refractivity contribution is 5.88. The minimum absolute atomic E-state index is 0.0264. The van der Waals surface area contributed by atoms with Crippen LogP contribution < -0.4 is 5.32 Å². The van der Waals surface area contributed by atoms with Crippen LogP contribution in [-0.2, 0) is 4.79 Å². The van der Waals surface area contributed by atoms with Crippen LogP contribution in [0.15, 0.2) is 48.1 Å². The van der Waals surface area contributed by atoms with Gasteiger partial charge < -0.3 is 10.2 Å². The molecule has 3 nitrogen and oxygen atoms in total. The summed E-state index contributed by atoms with van der Waals surface area (Å²) in [6.45, 7) is 2.79. The van der Waals surface area contributed by atoms with Crippen molar-refractivity contribution in [1.29, 1.82) is 0 Å². The Kier molecular flexibility index (Phi) is 5.43. The van der Waals surface area contributed by atoms with Crippen molar-refractivity contribution in [3.63, 3.8) is 0 Å². The topological polar surface area (TPSA) is 32.3 Å². The van der Waals surface area contributed by atoms with Crippen molar-refractivity contribution in [3.8, 4) is 0 Å². The second-order valence-electron chi connectivity index (χ2n) is 4.35. The van der Waals surface area contributed by atoms with Crippen molar-refractivity contribution in [2.24, 2.45) is 0 Å². The van der Waals surface area contributed by atoms with Gasteiger partial charge in [-0.2, -0.15) is 0 Å². The van der Waals surface area contributed by atoms with E-state index in [1.807, 2.05) is 62.4 Å². The molecule has 0 heterocycles. The molecule has 3 heteroatoms. The van der Waals surface area contributed by atoms with Crippen molar-refractivity contribution in [3.05, 3.63) is 48.1 Å². The minimum Gasteiger partial charge on any atom is -0.343 e. The number of rotatable bonds is 4. The zero-order valence-corrected chi connectivity index (χ0v) is 10.7. The van der Waals surface area contributed by atoms with Gasteiger partial charge in [-0.3, -0.25) is 4.79 Å². The van der Waals surface area contributed by atoms with Gasteiger partial charge in [0.15, 0.2) is 0 Å². The third-order valence-electron chi connectivity index (χ3n) is 2.28. The summed E-state index contributed by atoms with van der Waals surface area (Å²) in [5.41, 5.74) is 1.15. The Labute approximate surface area is 103 Å². The molecule has 1 aliphatic carbocycles. The number of amides is 1. The van der Waals surface area contributed by atoms with E-state index in [-0.39, 0.29) is 11.9 Å². The Morgan fingerprint density at radius 2 is 2.24 bits per heavy atom. The van der Waals surface area contributed by atoms with E-state index in [0.717, 1.165) is 12.1 Å². The van der Waals surface area contributed by atoms with Crippen LogP contribution in [0.5, 0.6) is 0 Å². The lowest BCUT2D eigenvalue weighted by molar-refractivity contribution is -0.116. The fourth-order valence-electron chi connectivity index (χ4n) is 1.46. The zero-order valence-electron chi connectivity index (χ0n) is 10.7. The van der Waals surface area contributed by atoms with Gasteiger partial charge in [-0.25, -0.2) is 0 Å². The lowest BCUT2D eigenvalue weighted by atomic mass is 10.2. The summed E-state index contributed by atoms with van der Waals surface area (Å²) in [7, 11) is 3.93. The summed E-state index contributed by atoms with van der Waals surface area (Å²) in [4.78, 5) is 13.6. The van der Waals surface area contributed by atoms with Crippen molar-refractivity contribution >= 4 is 5.91 Å². The fourth-order valence-corrected chi connectivity index (χ4v) is 1.46. The first kappa shape index (κ1) is 13.5. The summed E-state index contributed by atoms with van der Waals surface area (Å²) in [6, 6.07) is -0.0264. The van der Waals surface area contributed by atoms with Gasteiger partial charge in [0.25, 0.3) is 0 Å². The highest BCUT2D eigenvalue weighted by Crippen LogP contribution is 2.04. The first-order chi connectivity index (χ1) is 8.08. The van der Waals surface area contributed by atoms with Crippen molar-refractivity contribution in [2.75, 3.05) is 20.6 Å². The Balaban J connectivity index is 2.46. The number of carbonyl (C=O) groups is 1. The normalized spacial score (nSPS) is 19.5. The summed E-state index contributed by atoms with van der Waals surface area (Å²) < 4.78 is 0. The molecule has 1 N–H and O–H groups in total. The van der Waals surface area contributed by atoms with Gasteiger partial charge in [0, 0.05) is 12.6 Å². The second kappa shape index (κ2) is 6.86. The highest BCUT2D eigenvalue weighted by atomic mass is 16.1. The van der Waals surface area contributed by atoms with E-state index in [0.29, 0.717) is 0 Å². The number of carbonyl (C=O) groups excluding carboxylic acids is 1. The van der Waals surface area contributed by atoms with Crippen LogP contribution >= 0.6 is 0 Å². The zero-order chi connectivity index (χ0) is 12.7. The predicted molar refractivity (Wildman–Crippen MR) is 71.7 cm³/mol. The van der Waals surface area contributed by atoms with E-state index in [2.05, 4.69) is 5.32 Å². The Bertz CT molecular complexity index is 376. The number of hydrogen-bond acceptors (Lipinski definition) is 2. The quantitative estimate of drug-likeness (QED) is 0.748. The number of likely N-dealkylation sites (N-methyl/N-ethyl adjacent to an activating group) is 1. The smallest absolute Gasteiger partial charge is 0.244 e. The molecule has 92 valence electrons. The molecule has 0 radical (unpaired) electrons. The maximum Gasteiger partial charge on any atom is 0.244 e. The van der Waals surface area contributed by atoms with Gasteiger partial charge in [0.2, 0.25) is 5.91 Å². The molecule has 1 rings (SSSR count).